The molecule has 0 saturated heterocycles. The van der Waals surface area contributed by atoms with E-state index in [0.29, 0.717) is 19.3 Å². The van der Waals surface area contributed by atoms with Gasteiger partial charge >= 0.3 is 0 Å². The number of halogens is 3. The second-order valence-corrected chi connectivity index (χ2v) is 4.13. The van der Waals surface area contributed by atoms with Gasteiger partial charge in [0.1, 0.15) is 0 Å². The van der Waals surface area contributed by atoms with Gasteiger partial charge in [0.05, 0.1) is 0 Å². The first-order valence-electron chi connectivity index (χ1n) is 2.48. The van der Waals surface area contributed by atoms with Crippen molar-refractivity contribution in [3.63, 3.8) is 0 Å². The van der Waals surface area contributed by atoms with Gasteiger partial charge in [0.2, 0.25) is 0 Å². The van der Waals surface area contributed by atoms with Gasteiger partial charge in [-0.1, -0.05) is 34.8 Å². The van der Waals surface area contributed by atoms with E-state index in [4.69, 9.17) is 34.8 Å². The summed E-state index contributed by atoms with van der Waals surface area (Å²) in [5, 5.41) is 0. The Hall–Kier alpha value is 0.540. The molecule has 0 aromatic heterocycles. The van der Waals surface area contributed by atoms with E-state index in [9.17, 15) is 4.79 Å². The maximum Gasteiger partial charge on any atom is 0.198 e. The predicted molar refractivity (Wildman–Crippen MR) is 39.8 cm³/mol. The average molecular weight is 188 g/mol. The van der Waals surface area contributed by atoms with Crippen molar-refractivity contribution in [3.8, 4) is 0 Å². The minimum atomic E-state index is -1.21. The molecule has 0 aliphatic carbocycles. The van der Waals surface area contributed by atoms with Crippen molar-refractivity contribution in [2.75, 3.05) is 0 Å². The van der Waals surface area contributed by atoms with E-state index < -0.39 is 3.79 Å². The smallest absolute Gasteiger partial charge is 0.198 e. The van der Waals surface area contributed by atoms with Crippen LogP contribution in [0.3, 0.4) is 0 Å². The highest BCUT2D eigenvalue weighted by Gasteiger charge is 2.17. The van der Waals surface area contributed by atoms with E-state index in [1.165, 1.54) is 0 Å². The minimum absolute atomic E-state index is 0.341. The Kier molecular flexibility index (Phi) is 4.63. The Bertz CT molecular complexity index is 86.7. The summed E-state index contributed by atoms with van der Waals surface area (Å²) in [6.07, 6.45) is 3.05. The Labute approximate surface area is 69.3 Å². The third-order valence-corrected chi connectivity index (χ3v) is 1.31. The highest BCUT2D eigenvalue weighted by atomic mass is 35.6. The van der Waals surface area contributed by atoms with Gasteiger partial charge in [-0.15, -0.1) is 0 Å². The summed E-state index contributed by atoms with van der Waals surface area (Å²) in [4.78, 5) is 9.64. The van der Waals surface area contributed by atoms with Crippen molar-refractivity contribution in [2.24, 2.45) is 0 Å². The molecule has 0 N–H and O–H groups in total. The zero-order valence-corrected chi connectivity index (χ0v) is 6.93. The van der Waals surface area contributed by atoms with Crippen molar-refractivity contribution >= 4 is 41.1 Å². The van der Waals surface area contributed by atoms with Crippen LogP contribution in [0, 0.1) is 0 Å². The van der Waals surface area contributed by atoms with Gasteiger partial charge in [-0.3, -0.25) is 4.79 Å². The van der Waals surface area contributed by atoms with Gasteiger partial charge in [0.15, 0.2) is 10.1 Å². The van der Waals surface area contributed by atoms with Gasteiger partial charge < -0.3 is 0 Å². The SMILES string of the molecule is O=[C]CCCC(Cl)(Cl)Cl. The molecule has 4 heteroatoms. The zero-order valence-electron chi connectivity index (χ0n) is 4.66. The summed E-state index contributed by atoms with van der Waals surface area (Å²) in [7, 11) is 0. The molecule has 0 aromatic carbocycles. The minimum Gasteiger partial charge on any atom is -0.291 e. The maximum absolute atomic E-state index is 9.64. The molecule has 0 heterocycles. The van der Waals surface area contributed by atoms with Gasteiger partial charge in [-0.2, -0.15) is 0 Å². The monoisotopic (exact) mass is 187 g/mol. The predicted octanol–water partition coefficient (Wildman–Crippen LogP) is 2.64. The standard InChI is InChI=1S/C5H6Cl3O/c6-5(7,8)3-1-2-4-9/h1-3H2. The normalized spacial score (nSPS) is 11.4. The number of rotatable bonds is 3. The zero-order chi connectivity index (χ0) is 7.33. The van der Waals surface area contributed by atoms with Crippen molar-refractivity contribution in [1.82, 2.24) is 0 Å². The van der Waals surface area contributed by atoms with Gasteiger partial charge in [0, 0.05) is 6.42 Å². The number of unbranched alkanes of at least 4 members (excludes halogenated alkanes) is 1. The number of alkyl halides is 3. The Morgan fingerprint density at radius 1 is 1.33 bits per heavy atom. The Morgan fingerprint density at radius 2 is 1.89 bits per heavy atom. The lowest BCUT2D eigenvalue weighted by Gasteiger charge is -2.07. The summed E-state index contributed by atoms with van der Waals surface area (Å²) in [5.74, 6) is 0. The third kappa shape index (κ3) is 8.54. The van der Waals surface area contributed by atoms with Crippen LogP contribution >= 0.6 is 34.8 Å². The molecule has 0 spiro atoms. The van der Waals surface area contributed by atoms with Crippen molar-refractivity contribution in [1.29, 1.82) is 0 Å². The molecule has 9 heavy (non-hydrogen) atoms. The van der Waals surface area contributed by atoms with Crippen LogP contribution in [0.1, 0.15) is 19.3 Å². The molecule has 0 amide bonds. The van der Waals surface area contributed by atoms with Crippen molar-refractivity contribution in [2.45, 2.75) is 23.1 Å². The lowest BCUT2D eigenvalue weighted by Crippen LogP contribution is -2.00. The summed E-state index contributed by atoms with van der Waals surface area (Å²) in [6, 6.07) is 0. The van der Waals surface area contributed by atoms with E-state index in [1.54, 1.807) is 6.29 Å². The molecule has 0 fully saturated rings. The highest BCUT2D eigenvalue weighted by molar-refractivity contribution is 6.67. The molecule has 0 aliphatic rings. The Morgan fingerprint density at radius 3 is 2.22 bits per heavy atom. The molecule has 0 aromatic rings. The topological polar surface area (TPSA) is 17.1 Å². The summed E-state index contributed by atoms with van der Waals surface area (Å²) < 4.78 is -1.21. The summed E-state index contributed by atoms with van der Waals surface area (Å²) >= 11 is 16.1. The lowest BCUT2D eigenvalue weighted by atomic mass is 10.3. The average Bonchev–Trinajstić information content (AvgIpc) is 1.63. The molecule has 0 saturated carbocycles. The number of hydrogen-bond donors (Lipinski definition) is 0. The molecule has 0 aliphatic heterocycles. The highest BCUT2D eigenvalue weighted by Crippen LogP contribution is 2.31. The van der Waals surface area contributed by atoms with Crippen LogP contribution in [0.15, 0.2) is 0 Å². The summed E-state index contributed by atoms with van der Waals surface area (Å²) in [5.41, 5.74) is 0. The van der Waals surface area contributed by atoms with Crippen LogP contribution in [-0.2, 0) is 4.79 Å². The fraction of sp³-hybridized carbons (Fsp3) is 0.800. The fourth-order valence-electron chi connectivity index (χ4n) is 0.361. The first-order valence-corrected chi connectivity index (χ1v) is 3.61. The molecular weight excluding hydrogens is 182 g/mol. The van der Waals surface area contributed by atoms with Crippen molar-refractivity contribution in [3.05, 3.63) is 0 Å². The van der Waals surface area contributed by atoms with Crippen LogP contribution in [-0.4, -0.2) is 10.1 Å². The van der Waals surface area contributed by atoms with Gasteiger partial charge in [-0.05, 0) is 12.8 Å². The van der Waals surface area contributed by atoms with Crippen LogP contribution in [0.4, 0.5) is 0 Å². The largest absolute Gasteiger partial charge is 0.291 e. The summed E-state index contributed by atoms with van der Waals surface area (Å²) in [6.45, 7) is 0. The second-order valence-electron chi connectivity index (χ2n) is 1.61. The van der Waals surface area contributed by atoms with E-state index >= 15 is 0 Å². The van der Waals surface area contributed by atoms with Crippen LogP contribution < -0.4 is 0 Å². The molecule has 1 nitrogen and oxygen atoms in total. The fourth-order valence-corrected chi connectivity index (χ4v) is 0.762. The first-order chi connectivity index (χ1) is 4.06. The van der Waals surface area contributed by atoms with E-state index in [2.05, 4.69) is 0 Å². The number of carbonyl (C=O) groups excluding carboxylic acids is 1. The van der Waals surface area contributed by atoms with Crippen LogP contribution in [0.5, 0.6) is 0 Å². The van der Waals surface area contributed by atoms with Crippen molar-refractivity contribution < 1.29 is 4.79 Å². The molecule has 53 valence electrons. The lowest BCUT2D eigenvalue weighted by molar-refractivity contribution is 0.547. The van der Waals surface area contributed by atoms with Crippen LogP contribution in [0.2, 0.25) is 0 Å². The van der Waals surface area contributed by atoms with E-state index in [1.807, 2.05) is 0 Å². The molecular formula is C5H6Cl3O. The number of hydrogen-bond acceptors (Lipinski definition) is 1. The molecule has 1 radical (unpaired) electrons. The molecule has 0 atom stereocenters. The third-order valence-electron chi connectivity index (χ3n) is 0.739. The maximum atomic E-state index is 9.64. The van der Waals surface area contributed by atoms with E-state index in [0.717, 1.165) is 0 Å². The second kappa shape index (κ2) is 4.37. The molecule has 0 unspecified atom stereocenters. The van der Waals surface area contributed by atoms with E-state index in [-0.39, 0.29) is 0 Å². The molecule has 0 bridgehead atoms. The Balaban J connectivity index is 3.17. The quantitative estimate of drug-likeness (QED) is 0.492. The molecule has 0 rings (SSSR count). The van der Waals surface area contributed by atoms with Gasteiger partial charge in [-0.25, -0.2) is 0 Å². The van der Waals surface area contributed by atoms with Gasteiger partial charge in [0.25, 0.3) is 0 Å². The first kappa shape index (κ1) is 9.54. The van der Waals surface area contributed by atoms with Crippen LogP contribution in [0.25, 0.3) is 0 Å².